The molecule has 2 aliphatic heterocycles. The average Bonchev–Trinajstić information content (AvgIpc) is 3.42. The number of morpholine rings is 1. The number of primary amides is 1. The summed E-state index contributed by atoms with van der Waals surface area (Å²) in [5.41, 5.74) is 7.29. The van der Waals surface area contributed by atoms with E-state index in [1.165, 1.54) is 12.5 Å². The number of ether oxygens (including phenoxy) is 1. The van der Waals surface area contributed by atoms with Crippen molar-refractivity contribution in [3.05, 3.63) is 58.8 Å². The van der Waals surface area contributed by atoms with Gasteiger partial charge in [0.2, 0.25) is 0 Å². The van der Waals surface area contributed by atoms with E-state index in [0.29, 0.717) is 51.9 Å². The quantitative estimate of drug-likeness (QED) is 0.377. The minimum atomic E-state index is -0.585. The Morgan fingerprint density at radius 3 is 2.75 bits per heavy atom. The second-order valence-electron chi connectivity index (χ2n) is 9.25. The molecule has 3 atom stereocenters. The van der Waals surface area contributed by atoms with E-state index < -0.39 is 5.91 Å². The van der Waals surface area contributed by atoms with Gasteiger partial charge in [-0.15, -0.1) is 0 Å². The van der Waals surface area contributed by atoms with Crippen molar-refractivity contribution in [2.24, 2.45) is 5.73 Å². The number of carbonyl (C=O) groups excluding carboxylic acids is 2. The van der Waals surface area contributed by atoms with Gasteiger partial charge in [-0.3, -0.25) is 9.59 Å². The molecule has 5 heterocycles. The summed E-state index contributed by atoms with van der Waals surface area (Å²) in [6, 6.07) is 7.18. The summed E-state index contributed by atoms with van der Waals surface area (Å²) in [6.07, 6.45) is 4.75. The molecule has 11 heteroatoms. The van der Waals surface area contributed by atoms with Crippen molar-refractivity contribution < 1.29 is 14.3 Å². The summed E-state index contributed by atoms with van der Waals surface area (Å²) < 4.78 is 5.67. The number of anilines is 1. The molecule has 6 rings (SSSR count). The Morgan fingerprint density at radius 2 is 2.00 bits per heavy atom. The van der Waals surface area contributed by atoms with Crippen LogP contribution in [-0.2, 0) is 4.74 Å². The van der Waals surface area contributed by atoms with E-state index in [1.807, 2.05) is 30.0 Å². The van der Waals surface area contributed by atoms with Crippen LogP contribution < -0.4 is 11.1 Å². The highest BCUT2D eigenvalue weighted by atomic mass is 35.5. The number of benzene rings is 1. The maximum absolute atomic E-state index is 13.9. The smallest absolute Gasteiger partial charge is 0.273 e. The predicted molar refractivity (Wildman–Crippen MR) is 135 cm³/mol. The van der Waals surface area contributed by atoms with Gasteiger partial charge in [0.25, 0.3) is 11.8 Å². The summed E-state index contributed by atoms with van der Waals surface area (Å²) in [5, 5.41) is 5.75. The van der Waals surface area contributed by atoms with Gasteiger partial charge in [0.15, 0.2) is 0 Å². The maximum atomic E-state index is 13.9. The zero-order chi connectivity index (χ0) is 25.0. The van der Waals surface area contributed by atoms with Gasteiger partial charge in [0, 0.05) is 11.6 Å². The van der Waals surface area contributed by atoms with Crippen molar-refractivity contribution in [2.75, 3.05) is 18.5 Å². The second kappa shape index (κ2) is 8.72. The number of H-pyrrole nitrogens is 1. The van der Waals surface area contributed by atoms with Crippen LogP contribution in [0.15, 0.2) is 36.8 Å². The van der Waals surface area contributed by atoms with E-state index in [0.717, 1.165) is 18.2 Å². The van der Waals surface area contributed by atoms with Crippen LogP contribution in [0.4, 0.5) is 5.82 Å². The molecule has 0 spiro atoms. The van der Waals surface area contributed by atoms with E-state index in [1.54, 1.807) is 6.07 Å². The van der Waals surface area contributed by atoms with Gasteiger partial charge >= 0.3 is 0 Å². The maximum Gasteiger partial charge on any atom is 0.273 e. The van der Waals surface area contributed by atoms with Crippen molar-refractivity contribution in [2.45, 2.75) is 37.9 Å². The number of aromatic nitrogens is 4. The van der Waals surface area contributed by atoms with E-state index in [2.05, 4.69) is 20.3 Å². The summed E-state index contributed by atoms with van der Waals surface area (Å²) in [6.45, 7) is 2.98. The molecule has 2 amide bonds. The Labute approximate surface area is 211 Å². The van der Waals surface area contributed by atoms with Crippen molar-refractivity contribution in [3.8, 4) is 0 Å². The molecule has 2 aliphatic rings. The number of nitrogens with zero attached hydrogens (tertiary/aromatic N) is 4. The highest BCUT2D eigenvalue weighted by Gasteiger charge is 2.41. The molecule has 10 nitrogen and oxygen atoms in total. The molecule has 0 saturated carbocycles. The Morgan fingerprint density at radius 1 is 1.22 bits per heavy atom. The SMILES string of the molecule is CC(Nc1ncnc2[nH]cc(C(N)=O)c12)c1cc2cccc(Cl)c2c(C(=O)N2C3CCC2COC3)n1. The standard InChI is InChI=1S/C25H24ClN7O3/c1-12(31-24-20-16(22(27)34)8-28-23(20)29-11-30-24)18-7-13-3-2-4-17(26)19(13)21(32-18)25(35)33-14-5-6-15(33)10-36-9-14/h2-4,7-8,11-12,14-15H,5-6,9-10H2,1H3,(H2,27,34)(H2,28,29,30,31). The van der Waals surface area contributed by atoms with Gasteiger partial charge in [-0.25, -0.2) is 15.0 Å². The fourth-order valence-electron chi connectivity index (χ4n) is 5.29. The van der Waals surface area contributed by atoms with Crippen molar-refractivity contribution in [1.82, 2.24) is 24.8 Å². The van der Waals surface area contributed by atoms with Crippen LogP contribution in [0.5, 0.6) is 0 Å². The normalized spacial score (nSPS) is 20.1. The van der Waals surface area contributed by atoms with Gasteiger partial charge in [0.1, 0.15) is 23.5 Å². The lowest BCUT2D eigenvalue weighted by Crippen LogP contribution is -2.49. The van der Waals surface area contributed by atoms with Crippen LogP contribution in [0, 0.1) is 0 Å². The van der Waals surface area contributed by atoms with Crippen molar-refractivity contribution in [1.29, 1.82) is 0 Å². The number of nitrogens with one attached hydrogen (secondary N) is 2. The molecule has 3 aromatic heterocycles. The summed E-state index contributed by atoms with van der Waals surface area (Å²) in [7, 11) is 0. The Bertz CT molecular complexity index is 1500. The molecule has 2 fully saturated rings. The number of fused-ring (bicyclic) bond motifs is 4. The fourth-order valence-corrected chi connectivity index (χ4v) is 5.56. The summed E-state index contributed by atoms with van der Waals surface area (Å²) >= 11 is 6.58. The average molecular weight is 506 g/mol. The Balaban J connectivity index is 1.42. The molecule has 36 heavy (non-hydrogen) atoms. The van der Waals surface area contributed by atoms with Gasteiger partial charge in [0.05, 0.1) is 53.0 Å². The lowest BCUT2D eigenvalue weighted by molar-refractivity contribution is -0.00736. The molecule has 2 bridgehead atoms. The minimum Gasteiger partial charge on any atom is -0.377 e. The number of amides is 2. The van der Waals surface area contributed by atoms with Crippen LogP contribution in [0.2, 0.25) is 5.02 Å². The molecule has 184 valence electrons. The summed E-state index contributed by atoms with van der Waals surface area (Å²) in [5.74, 6) is -0.281. The van der Waals surface area contributed by atoms with Crippen molar-refractivity contribution >= 4 is 51.0 Å². The van der Waals surface area contributed by atoms with Gasteiger partial charge in [-0.05, 0) is 37.3 Å². The third-order valence-electron chi connectivity index (χ3n) is 7.04. The van der Waals surface area contributed by atoms with E-state index in [4.69, 9.17) is 27.1 Å². The minimum absolute atomic E-state index is 0.0462. The Hall–Kier alpha value is -3.76. The molecule has 0 aliphatic carbocycles. The molecule has 3 unspecified atom stereocenters. The largest absolute Gasteiger partial charge is 0.377 e. The fraction of sp³-hybridized carbons (Fsp3) is 0.320. The van der Waals surface area contributed by atoms with Crippen LogP contribution in [0.1, 0.15) is 52.3 Å². The molecule has 0 radical (unpaired) electrons. The highest BCUT2D eigenvalue weighted by Crippen LogP contribution is 2.35. The molecule has 1 aromatic carbocycles. The topological polar surface area (TPSA) is 139 Å². The first kappa shape index (κ1) is 22.7. The lowest BCUT2D eigenvalue weighted by atomic mass is 10.0. The van der Waals surface area contributed by atoms with Crippen LogP contribution in [-0.4, -0.2) is 61.9 Å². The van der Waals surface area contributed by atoms with Gasteiger partial charge < -0.3 is 25.7 Å². The number of hydrogen-bond acceptors (Lipinski definition) is 7. The summed E-state index contributed by atoms with van der Waals surface area (Å²) in [4.78, 5) is 44.0. The first-order chi connectivity index (χ1) is 17.4. The zero-order valence-electron chi connectivity index (χ0n) is 19.5. The number of halogens is 1. The third kappa shape index (κ3) is 3.64. The lowest BCUT2D eigenvalue weighted by Gasteiger charge is -2.34. The zero-order valence-corrected chi connectivity index (χ0v) is 20.2. The van der Waals surface area contributed by atoms with E-state index >= 15 is 0 Å². The van der Waals surface area contributed by atoms with Crippen LogP contribution >= 0.6 is 11.6 Å². The number of rotatable bonds is 5. The number of carbonyl (C=O) groups is 2. The molecule has 4 N–H and O–H groups in total. The molecular weight excluding hydrogens is 482 g/mol. The van der Waals surface area contributed by atoms with Crippen molar-refractivity contribution in [3.63, 3.8) is 0 Å². The first-order valence-corrected chi connectivity index (χ1v) is 12.2. The number of nitrogens with two attached hydrogens (primary N) is 1. The van der Waals surface area contributed by atoms with Gasteiger partial charge in [-0.1, -0.05) is 23.7 Å². The molecular formula is C25H24ClN7O3. The number of pyridine rings is 1. The van der Waals surface area contributed by atoms with Crippen LogP contribution in [0.25, 0.3) is 21.8 Å². The second-order valence-corrected chi connectivity index (χ2v) is 9.65. The van der Waals surface area contributed by atoms with Gasteiger partial charge in [-0.2, -0.15) is 0 Å². The van der Waals surface area contributed by atoms with E-state index in [9.17, 15) is 9.59 Å². The van der Waals surface area contributed by atoms with Crippen LogP contribution in [0.3, 0.4) is 0 Å². The first-order valence-electron chi connectivity index (χ1n) is 11.8. The third-order valence-corrected chi connectivity index (χ3v) is 7.35. The number of hydrogen-bond donors (Lipinski definition) is 3. The Kier molecular flexibility index (Phi) is 5.50. The van der Waals surface area contributed by atoms with E-state index in [-0.39, 0.29) is 29.6 Å². The monoisotopic (exact) mass is 505 g/mol. The molecule has 4 aromatic rings. The predicted octanol–water partition coefficient (Wildman–Crippen LogP) is 3.43. The highest BCUT2D eigenvalue weighted by molar-refractivity contribution is 6.36. The molecule has 2 saturated heterocycles. The number of aromatic amines is 1.